The molecule has 1 atom stereocenters. The average Bonchev–Trinajstić information content (AvgIpc) is 3.12. The molecule has 0 spiro atoms. The molecule has 128 valence electrons. The SMILES string of the molecule is COCC(=O)N1CCCCC1c1nc(-c2ccc(OC)cc2)no1. The molecule has 0 N–H and O–H groups in total. The highest BCUT2D eigenvalue weighted by Gasteiger charge is 2.32. The second kappa shape index (κ2) is 7.44. The van der Waals surface area contributed by atoms with E-state index in [1.807, 2.05) is 24.3 Å². The van der Waals surface area contributed by atoms with E-state index < -0.39 is 0 Å². The van der Waals surface area contributed by atoms with Crippen LogP contribution in [0.3, 0.4) is 0 Å². The summed E-state index contributed by atoms with van der Waals surface area (Å²) in [5.74, 6) is 1.71. The lowest BCUT2D eigenvalue weighted by atomic mass is 10.0. The molecule has 7 heteroatoms. The van der Waals surface area contributed by atoms with Gasteiger partial charge in [0.2, 0.25) is 17.6 Å². The number of ether oxygens (including phenoxy) is 2. The van der Waals surface area contributed by atoms with Crippen LogP contribution in [0.25, 0.3) is 11.4 Å². The van der Waals surface area contributed by atoms with Gasteiger partial charge in [-0.3, -0.25) is 4.79 Å². The third-order valence-electron chi connectivity index (χ3n) is 4.17. The second-order valence-electron chi connectivity index (χ2n) is 5.72. The topological polar surface area (TPSA) is 77.7 Å². The molecule has 2 aromatic rings. The Labute approximate surface area is 140 Å². The Bertz CT molecular complexity index is 683. The van der Waals surface area contributed by atoms with Crippen molar-refractivity contribution in [1.29, 1.82) is 0 Å². The minimum absolute atomic E-state index is 0.0496. The first-order valence-electron chi connectivity index (χ1n) is 7.99. The normalized spacial score (nSPS) is 17.8. The number of amides is 1. The van der Waals surface area contributed by atoms with Crippen LogP contribution in [0, 0.1) is 0 Å². The first-order valence-corrected chi connectivity index (χ1v) is 7.99. The van der Waals surface area contributed by atoms with Crippen LogP contribution in [0.15, 0.2) is 28.8 Å². The van der Waals surface area contributed by atoms with Gasteiger partial charge < -0.3 is 18.9 Å². The van der Waals surface area contributed by atoms with Gasteiger partial charge in [0.05, 0.1) is 7.11 Å². The Morgan fingerprint density at radius 2 is 2.08 bits per heavy atom. The minimum Gasteiger partial charge on any atom is -0.497 e. The van der Waals surface area contributed by atoms with Crippen molar-refractivity contribution >= 4 is 5.91 Å². The number of hydrogen-bond donors (Lipinski definition) is 0. The number of rotatable bonds is 5. The number of likely N-dealkylation sites (tertiary alicyclic amines) is 1. The van der Waals surface area contributed by atoms with Gasteiger partial charge in [-0.05, 0) is 43.5 Å². The number of benzene rings is 1. The Morgan fingerprint density at radius 3 is 2.79 bits per heavy atom. The summed E-state index contributed by atoms with van der Waals surface area (Å²) in [6, 6.07) is 7.27. The molecule has 7 nitrogen and oxygen atoms in total. The van der Waals surface area contributed by atoms with Crippen molar-refractivity contribution in [1.82, 2.24) is 15.0 Å². The van der Waals surface area contributed by atoms with E-state index in [-0.39, 0.29) is 18.6 Å². The number of piperidine rings is 1. The standard InChI is InChI=1S/C17H21N3O4/c1-22-11-15(21)20-10-4-3-5-14(20)17-18-16(19-24-17)12-6-8-13(23-2)9-7-12/h6-9,14H,3-5,10-11H2,1-2H3. The van der Waals surface area contributed by atoms with Crippen LogP contribution in [0.5, 0.6) is 5.75 Å². The molecule has 1 unspecified atom stereocenters. The molecule has 1 aromatic heterocycles. The lowest BCUT2D eigenvalue weighted by Crippen LogP contribution is -2.40. The van der Waals surface area contributed by atoms with Gasteiger partial charge in [0.15, 0.2) is 0 Å². The van der Waals surface area contributed by atoms with Gasteiger partial charge in [0, 0.05) is 19.2 Å². The van der Waals surface area contributed by atoms with E-state index in [9.17, 15) is 4.79 Å². The van der Waals surface area contributed by atoms with Gasteiger partial charge in [-0.15, -0.1) is 0 Å². The van der Waals surface area contributed by atoms with Gasteiger partial charge in [-0.1, -0.05) is 5.16 Å². The third kappa shape index (κ3) is 3.41. The molecule has 1 aliphatic rings. The third-order valence-corrected chi connectivity index (χ3v) is 4.17. The highest BCUT2D eigenvalue weighted by atomic mass is 16.5. The number of carbonyl (C=O) groups excluding carboxylic acids is 1. The predicted octanol–water partition coefficient (Wildman–Crippen LogP) is 2.45. The van der Waals surface area contributed by atoms with E-state index in [1.54, 1.807) is 12.0 Å². The average molecular weight is 331 g/mol. The molecule has 1 fully saturated rings. The lowest BCUT2D eigenvalue weighted by Gasteiger charge is -2.33. The van der Waals surface area contributed by atoms with Crippen LogP contribution in [0.2, 0.25) is 0 Å². The molecular weight excluding hydrogens is 310 g/mol. The molecule has 1 aliphatic heterocycles. The Kier molecular flexibility index (Phi) is 5.10. The predicted molar refractivity (Wildman–Crippen MR) is 86.5 cm³/mol. The van der Waals surface area contributed by atoms with Crippen molar-refractivity contribution in [2.24, 2.45) is 0 Å². The minimum atomic E-state index is -0.180. The fourth-order valence-electron chi connectivity index (χ4n) is 2.92. The molecule has 0 saturated carbocycles. The summed E-state index contributed by atoms with van der Waals surface area (Å²) in [6.45, 7) is 0.753. The summed E-state index contributed by atoms with van der Waals surface area (Å²) in [4.78, 5) is 18.5. The van der Waals surface area contributed by atoms with Gasteiger partial charge in [-0.25, -0.2) is 0 Å². The van der Waals surface area contributed by atoms with E-state index >= 15 is 0 Å². The van der Waals surface area contributed by atoms with Crippen LogP contribution in [0.4, 0.5) is 0 Å². The monoisotopic (exact) mass is 331 g/mol. The van der Waals surface area contributed by atoms with E-state index in [2.05, 4.69) is 10.1 Å². The Hall–Kier alpha value is -2.41. The molecule has 3 rings (SSSR count). The number of aromatic nitrogens is 2. The zero-order valence-corrected chi connectivity index (χ0v) is 13.9. The van der Waals surface area contributed by atoms with Gasteiger partial charge in [-0.2, -0.15) is 4.98 Å². The second-order valence-corrected chi connectivity index (χ2v) is 5.72. The van der Waals surface area contributed by atoms with Gasteiger partial charge >= 0.3 is 0 Å². The van der Waals surface area contributed by atoms with Crippen molar-refractivity contribution in [3.05, 3.63) is 30.2 Å². The lowest BCUT2D eigenvalue weighted by molar-refractivity contribution is -0.139. The Morgan fingerprint density at radius 1 is 1.29 bits per heavy atom. The quantitative estimate of drug-likeness (QED) is 0.837. The maximum Gasteiger partial charge on any atom is 0.249 e. The highest BCUT2D eigenvalue weighted by molar-refractivity contribution is 5.78. The summed E-state index contributed by atoms with van der Waals surface area (Å²) in [5, 5.41) is 4.06. The largest absolute Gasteiger partial charge is 0.497 e. The fourth-order valence-corrected chi connectivity index (χ4v) is 2.92. The van der Waals surface area contributed by atoms with Crippen molar-refractivity contribution < 1.29 is 18.8 Å². The summed E-state index contributed by atoms with van der Waals surface area (Å²) < 4.78 is 15.6. The molecule has 1 aromatic carbocycles. The number of methoxy groups -OCH3 is 2. The fraction of sp³-hybridized carbons (Fsp3) is 0.471. The number of hydrogen-bond acceptors (Lipinski definition) is 6. The molecule has 24 heavy (non-hydrogen) atoms. The van der Waals surface area contributed by atoms with Crippen molar-refractivity contribution in [2.45, 2.75) is 25.3 Å². The van der Waals surface area contributed by atoms with Crippen LogP contribution >= 0.6 is 0 Å². The number of carbonyl (C=O) groups is 1. The molecule has 1 saturated heterocycles. The van der Waals surface area contributed by atoms with E-state index in [0.29, 0.717) is 18.3 Å². The molecule has 0 aliphatic carbocycles. The summed E-state index contributed by atoms with van der Waals surface area (Å²) in [7, 11) is 3.14. The molecule has 0 radical (unpaired) electrons. The summed E-state index contributed by atoms with van der Waals surface area (Å²) >= 11 is 0. The van der Waals surface area contributed by atoms with Crippen LogP contribution in [0.1, 0.15) is 31.2 Å². The number of nitrogens with zero attached hydrogens (tertiary/aromatic N) is 3. The Balaban J connectivity index is 1.80. The first kappa shape index (κ1) is 16.4. The summed E-state index contributed by atoms with van der Waals surface area (Å²) in [6.07, 6.45) is 2.83. The van der Waals surface area contributed by atoms with Crippen LogP contribution < -0.4 is 4.74 Å². The van der Waals surface area contributed by atoms with Crippen molar-refractivity contribution in [3.63, 3.8) is 0 Å². The van der Waals surface area contributed by atoms with Gasteiger partial charge in [0.25, 0.3) is 0 Å². The molecular formula is C17H21N3O4. The van der Waals surface area contributed by atoms with Crippen molar-refractivity contribution in [2.75, 3.05) is 27.4 Å². The molecule has 2 heterocycles. The van der Waals surface area contributed by atoms with Crippen LogP contribution in [-0.2, 0) is 9.53 Å². The zero-order chi connectivity index (χ0) is 16.9. The maximum atomic E-state index is 12.2. The van der Waals surface area contributed by atoms with E-state index in [1.165, 1.54) is 7.11 Å². The highest BCUT2D eigenvalue weighted by Crippen LogP contribution is 2.31. The van der Waals surface area contributed by atoms with Crippen LogP contribution in [-0.4, -0.2) is 48.3 Å². The van der Waals surface area contributed by atoms with E-state index in [0.717, 1.165) is 30.6 Å². The smallest absolute Gasteiger partial charge is 0.249 e. The van der Waals surface area contributed by atoms with Crippen molar-refractivity contribution in [3.8, 4) is 17.1 Å². The molecule has 0 bridgehead atoms. The first-order chi connectivity index (χ1) is 11.7. The maximum absolute atomic E-state index is 12.2. The zero-order valence-electron chi connectivity index (χ0n) is 13.9. The van der Waals surface area contributed by atoms with Gasteiger partial charge in [0.1, 0.15) is 18.4 Å². The summed E-state index contributed by atoms with van der Waals surface area (Å²) in [5.41, 5.74) is 0.844. The molecule has 1 amide bonds. The van der Waals surface area contributed by atoms with E-state index in [4.69, 9.17) is 14.0 Å².